The predicted molar refractivity (Wildman–Crippen MR) is 68.0 cm³/mol. The van der Waals surface area contributed by atoms with E-state index < -0.39 is 0 Å². The van der Waals surface area contributed by atoms with Crippen molar-refractivity contribution in [2.45, 2.75) is 0 Å². The summed E-state index contributed by atoms with van der Waals surface area (Å²) in [6.45, 7) is 0. The minimum absolute atomic E-state index is 0.230. The number of anilines is 1. The molecule has 1 N–H and O–H groups in total. The van der Waals surface area contributed by atoms with Crippen molar-refractivity contribution in [1.29, 1.82) is 0 Å². The van der Waals surface area contributed by atoms with E-state index in [1.165, 1.54) is 7.11 Å². The van der Waals surface area contributed by atoms with Crippen LogP contribution in [0.1, 0.15) is 10.5 Å². The lowest BCUT2D eigenvalue weighted by molar-refractivity contribution is 0.102. The van der Waals surface area contributed by atoms with Crippen LogP contribution in [-0.2, 0) is 0 Å². The Labute approximate surface area is 109 Å². The number of carbonyl (C=O) groups excluding carboxylic acids is 1. The van der Waals surface area contributed by atoms with Crippen molar-refractivity contribution in [3.63, 3.8) is 0 Å². The molecule has 2 rings (SSSR count). The lowest BCUT2D eigenvalue weighted by Gasteiger charge is -2.08. The van der Waals surface area contributed by atoms with Crippen LogP contribution < -0.4 is 10.1 Å². The number of nitrogens with zero attached hydrogens (tertiary/aromatic N) is 2. The number of carbonyl (C=O) groups is 1. The first-order valence-corrected chi connectivity index (χ1v) is 5.51. The van der Waals surface area contributed by atoms with Crippen LogP contribution in [0, 0.1) is 0 Å². The third-order valence-corrected chi connectivity index (χ3v) is 2.37. The van der Waals surface area contributed by atoms with Gasteiger partial charge in [0.15, 0.2) is 0 Å². The Bertz CT molecular complexity index is 575. The van der Waals surface area contributed by atoms with E-state index in [0.717, 1.165) is 0 Å². The first kappa shape index (κ1) is 12.3. The lowest BCUT2D eigenvalue weighted by Crippen LogP contribution is -2.14. The summed E-state index contributed by atoms with van der Waals surface area (Å²) in [5, 5.41) is 2.92. The molecule has 6 heteroatoms. The number of aromatic nitrogens is 2. The maximum absolute atomic E-state index is 11.9. The summed E-state index contributed by atoms with van der Waals surface area (Å²) in [6, 6.07) is 8.22. The van der Waals surface area contributed by atoms with Gasteiger partial charge in [0.25, 0.3) is 5.91 Å². The second-order valence-corrected chi connectivity index (χ2v) is 3.75. The van der Waals surface area contributed by atoms with E-state index in [0.29, 0.717) is 11.6 Å². The summed E-state index contributed by atoms with van der Waals surface area (Å²) in [5.41, 5.74) is 0.709. The Morgan fingerprint density at radius 1 is 1.33 bits per heavy atom. The number of methoxy groups -OCH3 is 1. The first-order chi connectivity index (χ1) is 8.70. The molecule has 0 atom stereocenters. The van der Waals surface area contributed by atoms with Gasteiger partial charge in [0, 0.05) is 6.20 Å². The Kier molecular flexibility index (Phi) is 3.74. The Morgan fingerprint density at radius 3 is 2.89 bits per heavy atom. The van der Waals surface area contributed by atoms with Crippen molar-refractivity contribution in [2.24, 2.45) is 0 Å². The highest BCUT2D eigenvalue weighted by Gasteiger charge is 2.11. The van der Waals surface area contributed by atoms with Gasteiger partial charge in [-0.1, -0.05) is 17.7 Å². The first-order valence-electron chi connectivity index (χ1n) is 5.13. The van der Waals surface area contributed by atoms with Gasteiger partial charge in [-0.15, -0.1) is 0 Å². The molecule has 18 heavy (non-hydrogen) atoms. The van der Waals surface area contributed by atoms with Crippen molar-refractivity contribution >= 4 is 23.2 Å². The third kappa shape index (κ3) is 2.75. The summed E-state index contributed by atoms with van der Waals surface area (Å²) >= 11 is 5.72. The summed E-state index contributed by atoms with van der Waals surface area (Å²) in [5.74, 6) is -0.0309. The fourth-order valence-electron chi connectivity index (χ4n) is 1.37. The zero-order valence-corrected chi connectivity index (χ0v) is 10.3. The number of halogens is 1. The second kappa shape index (κ2) is 5.46. The number of amides is 1. The molecule has 0 aliphatic heterocycles. The molecule has 2 aromatic heterocycles. The average Bonchev–Trinajstić information content (AvgIpc) is 2.39. The third-order valence-electron chi connectivity index (χ3n) is 2.16. The lowest BCUT2D eigenvalue weighted by atomic mass is 10.3. The maximum atomic E-state index is 11.9. The largest absolute Gasteiger partial charge is 0.480 e. The van der Waals surface area contributed by atoms with E-state index in [9.17, 15) is 4.79 Å². The molecule has 2 heterocycles. The van der Waals surface area contributed by atoms with Crippen molar-refractivity contribution < 1.29 is 9.53 Å². The molecule has 0 saturated carbocycles. The van der Waals surface area contributed by atoms with Crippen molar-refractivity contribution in [1.82, 2.24) is 9.97 Å². The van der Waals surface area contributed by atoms with Gasteiger partial charge in [-0.05, 0) is 24.3 Å². The zero-order valence-electron chi connectivity index (χ0n) is 9.55. The van der Waals surface area contributed by atoms with Crippen molar-refractivity contribution in [2.75, 3.05) is 12.4 Å². The number of hydrogen-bond donors (Lipinski definition) is 1. The van der Waals surface area contributed by atoms with E-state index >= 15 is 0 Å². The van der Waals surface area contributed by atoms with Gasteiger partial charge in [-0.3, -0.25) is 4.79 Å². The molecular weight excluding hydrogens is 254 g/mol. The predicted octanol–water partition coefficient (Wildman–Crippen LogP) is 2.39. The standard InChI is InChI=1S/C12H10ClN3O2/c1-18-12-9(5-3-7-14-12)16-11(17)8-4-2-6-10(13)15-8/h2-7H,1H3,(H,16,17). The van der Waals surface area contributed by atoms with Gasteiger partial charge >= 0.3 is 0 Å². The van der Waals surface area contributed by atoms with Crippen molar-refractivity contribution in [3.8, 4) is 5.88 Å². The molecule has 1 amide bonds. The Hall–Kier alpha value is -2.14. The van der Waals surface area contributed by atoms with Gasteiger partial charge in [0.1, 0.15) is 16.5 Å². The van der Waals surface area contributed by atoms with Crippen LogP contribution in [0.25, 0.3) is 0 Å². The van der Waals surface area contributed by atoms with E-state index in [4.69, 9.17) is 16.3 Å². The number of nitrogens with one attached hydrogen (secondary N) is 1. The van der Waals surface area contributed by atoms with E-state index in [2.05, 4.69) is 15.3 Å². The van der Waals surface area contributed by atoms with Crippen LogP contribution >= 0.6 is 11.6 Å². The fraction of sp³-hybridized carbons (Fsp3) is 0.0833. The molecular formula is C12H10ClN3O2. The summed E-state index contributed by atoms with van der Waals surface area (Å²) in [6.07, 6.45) is 1.58. The van der Waals surface area contributed by atoms with Gasteiger partial charge in [0.05, 0.1) is 7.11 Å². The number of pyridine rings is 2. The fourth-order valence-corrected chi connectivity index (χ4v) is 1.53. The topological polar surface area (TPSA) is 64.1 Å². The molecule has 0 aliphatic carbocycles. The molecule has 0 aromatic carbocycles. The maximum Gasteiger partial charge on any atom is 0.274 e. The molecule has 5 nitrogen and oxygen atoms in total. The summed E-state index contributed by atoms with van der Waals surface area (Å²) < 4.78 is 5.03. The van der Waals surface area contributed by atoms with Crippen LogP contribution in [0.15, 0.2) is 36.5 Å². The molecule has 0 fully saturated rings. The summed E-state index contributed by atoms with van der Waals surface area (Å²) in [4.78, 5) is 19.8. The minimum atomic E-state index is -0.371. The van der Waals surface area contributed by atoms with E-state index in [-0.39, 0.29) is 16.8 Å². The molecule has 0 spiro atoms. The van der Waals surface area contributed by atoms with Crippen LogP contribution in [-0.4, -0.2) is 23.0 Å². The average molecular weight is 264 g/mol. The Morgan fingerprint density at radius 2 is 2.17 bits per heavy atom. The van der Waals surface area contributed by atoms with Crippen LogP contribution in [0.2, 0.25) is 5.15 Å². The molecule has 92 valence electrons. The zero-order chi connectivity index (χ0) is 13.0. The monoisotopic (exact) mass is 263 g/mol. The van der Waals surface area contributed by atoms with Gasteiger partial charge in [-0.2, -0.15) is 0 Å². The van der Waals surface area contributed by atoms with Crippen LogP contribution in [0.3, 0.4) is 0 Å². The van der Waals surface area contributed by atoms with Crippen molar-refractivity contribution in [3.05, 3.63) is 47.4 Å². The van der Waals surface area contributed by atoms with Gasteiger partial charge in [0.2, 0.25) is 5.88 Å². The molecule has 0 unspecified atom stereocenters. The highest BCUT2D eigenvalue weighted by atomic mass is 35.5. The normalized spacial score (nSPS) is 9.89. The summed E-state index contributed by atoms with van der Waals surface area (Å²) in [7, 11) is 1.48. The highest BCUT2D eigenvalue weighted by molar-refractivity contribution is 6.29. The Balaban J connectivity index is 2.21. The SMILES string of the molecule is COc1ncccc1NC(=O)c1cccc(Cl)n1. The van der Waals surface area contributed by atoms with E-state index in [1.807, 2.05) is 0 Å². The second-order valence-electron chi connectivity index (χ2n) is 3.36. The molecule has 0 saturated heterocycles. The number of hydrogen-bond acceptors (Lipinski definition) is 4. The molecule has 2 aromatic rings. The quantitative estimate of drug-likeness (QED) is 0.864. The van der Waals surface area contributed by atoms with Crippen LogP contribution in [0.5, 0.6) is 5.88 Å². The van der Waals surface area contributed by atoms with Gasteiger partial charge < -0.3 is 10.1 Å². The minimum Gasteiger partial charge on any atom is -0.480 e. The highest BCUT2D eigenvalue weighted by Crippen LogP contribution is 2.20. The molecule has 0 aliphatic rings. The smallest absolute Gasteiger partial charge is 0.274 e. The number of ether oxygens (including phenoxy) is 1. The molecule has 0 bridgehead atoms. The van der Waals surface area contributed by atoms with Crippen LogP contribution in [0.4, 0.5) is 5.69 Å². The number of rotatable bonds is 3. The van der Waals surface area contributed by atoms with Gasteiger partial charge in [-0.25, -0.2) is 9.97 Å². The molecule has 0 radical (unpaired) electrons. The van der Waals surface area contributed by atoms with E-state index in [1.54, 1.807) is 36.5 Å².